The average Bonchev–Trinajstić information content (AvgIpc) is 2.33. The van der Waals surface area contributed by atoms with Crippen molar-refractivity contribution < 1.29 is 23.8 Å². The molecule has 142 valence electrons. The summed E-state index contributed by atoms with van der Waals surface area (Å²) in [5.41, 5.74) is 0. The Hall–Kier alpha value is -1.29. The second kappa shape index (κ2) is 7.94. The van der Waals surface area contributed by atoms with Gasteiger partial charge in [-0.1, -0.05) is 20.8 Å². The van der Waals surface area contributed by atoms with Crippen LogP contribution in [0, 0.1) is 12.3 Å². The molecule has 0 fully saturated rings. The van der Waals surface area contributed by atoms with Gasteiger partial charge in [0.25, 0.3) is 0 Å². The maximum atomic E-state index is 11.6. The molecule has 0 spiro atoms. The Morgan fingerprint density at radius 2 is 1.96 bits per heavy atom. The first-order chi connectivity index (χ1) is 11.3. The second-order valence-electron chi connectivity index (χ2n) is 8.54. The van der Waals surface area contributed by atoms with E-state index < -0.39 is 26.2 Å². The molecular formula is C19H32O5Si. The van der Waals surface area contributed by atoms with E-state index in [0.717, 1.165) is 0 Å². The van der Waals surface area contributed by atoms with Crippen molar-refractivity contribution in [2.24, 2.45) is 0 Å². The first-order valence-electron chi connectivity index (χ1n) is 8.67. The molecule has 0 saturated heterocycles. The number of carbonyl (C=O) groups excluding carboxylic acids is 1. The number of terminal acetylenes is 1. The summed E-state index contributed by atoms with van der Waals surface area (Å²) in [5, 5.41) is 10.5. The molecular weight excluding hydrogens is 336 g/mol. The van der Waals surface area contributed by atoms with Crippen LogP contribution in [0.1, 0.15) is 53.9 Å². The fourth-order valence-corrected chi connectivity index (χ4v) is 3.75. The molecule has 0 radical (unpaired) electrons. The quantitative estimate of drug-likeness (QED) is 0.421. The lowest BCUT2D eigenvalue weighted by Crippen LogP contribution is -2.44. The van der Waals surface area contributed by atoms with E-state index in [-0.39, 0.29) is 17.6 Å². The van der Waals surface area contributed by atoms with Crippen LogP contribution < -0.4 is 0 Å². The molecule has 1 N–H and O–H groups in total. The molecule has 0 bridgehead atoms. The molecule has 0 aliphatic carbocycles. The second-order valence-corrected chi connectivity index (χ2v) is 13.3. The van der Waals surface area contributed by atoms with Gasteiger partial charge >= 0.3 is 5.97 Å². The van der Waals surface area contributed by atoms with Crippen molar-refractivity contribution in [1.82, 2.24) is 0 Å². The molecule has 1 aliphatic rings. The largest absolute Gasteiger partial charge is 0.457 e. The van der Waals surface area contributed by atoms with Crippen molar-refractivity contribution in [3.63, 3.8) is 0 Å². The number of carbonyl (C=O) groups is 1. The molecule has 1 rings (SSSR count). The van der Waals surface area contributed by atoms with Gasteiger partial charge < -0.3 is 19.0 Å². The van der Waals surface area contributed by atoms with Crippen LogP contribution in [0.15, 0.2) is 11.8 Å². The molecule has 6 heteroatoms. The summed E-state index contributed by atoms with van der Waals surface area (Å²) < 4.78 is 17.0. The van der Waals surface area contributed by atoms with Crippen LogP contribution >= 0.6 is 0 Å². The van der Waals surface area contributed by atoms with Crippen LogP contribution in [-0.4, -0.2) is 37.4 Å². The van der Waals surface area contributed by atoms with Crippen LogP contribution in [0.5, 0.6) is 0 Å². The zero-order chi connectivity index (χ0) is 19.5. The topological polar surface area (TPSA) is 65.0 Å². The first-order valence-corrected chi connectivity index (χ1v) is 11.6. The van der Waals surface area contributed by atoms with E-state index in [9.17, 15) is 9.90 Å². The SMILES string of the molecule is C#CC[C@H](CC(O)CC1=CC(=O)OC(C)(C)O1)O[Si](C)(C)C(C)(C)C. The number of hydrogen-bond donors (Lipinski definition) is 1. The van der Waals surface area contributed by atoms with Crippen molar-refractivity contribution in [2.45, 2.75) is 90.0 Å². The predicted octanol–water partition coefficient (Wildman–Crippen LogP) is 3.73. The molecule has 0 saturated carbocycles. The van der Waals surface area contributed by atoms with Gasteiger partial charge in [-0.15, -0.1) is 12.3 Å². The van der Waals surface area contributed by atoms with E-state index in [1.165, 1.54) is 6.08 Å². The van der Waals surface area contributed by atoms with Gasteiger partial charge in [0.1, 0.15) is 5.76 Å². The van der Waals surface area contributed by atoms with Crippen LogP contribution in [0.3, 0.4) is 0 Å². The number of aliphatic hydroxyl groups excluding tert-OH is 1. The summed E-state index contributed by atoms with van der Waals surface area (Å²) in [6, 6.07) is 0. The molecule has 0 aromatic rings. The van der Waals surface area contributed by atoms with Crippen molar-refractivity contribution in [2.75, 3.05) is 0 Å². The van der Waals surface area contributed by atoms with Gasteiger partial charge in [-0.3, -0.25) is 0 Å². The van der Waals surface area contributed by atoms with Gasteiger partial charge in [0, 0.05) is 26.7 Å². The summed E-state index contributed by atoms with van der Waals surface area (Å²) in [5.74, 6) is 1.58. The van der Waals surface area contributed by atoms with E-state index in [2.05, 4.69) is 39.8 Å². The van der Waals surface area contributed by atoms with Crippen LogP contribution in [-0.2, 0) is 18.7 Å². The van der Waals surface area contributed by atoms with Crippen molar-refractivity contribution in [1.29, 1.82) is 0 Å². The lowest BCUT2D eigenvalue weighted by molar-refractivity contribution is -0.206. The molecule has 0 aromatic heterocycles. The molecule has 2 atom stereocenters. The van der Waals surface area contributed by atoms with Gasteiger partial charge in [0.2, 0.25) is 5.79 Å². The van der Waals surface area contributed by atoms with Gasteiger partial charge in [-0.25, -0.2) is 4.79 Å². The number of hydrogen-bond acceptors (Lipinski definition) is 5. The van der Waals surface area contributed by atoms with E-state index in [4.69, 9.17) is 20.3 Å². The standard InChI is InChI=1S/C19H32O5Si/c1-9-10-15(24-25(7,8)18(2,3)4)11-14(20)12-16-13-17(21)23-19(5,6)22-16/h1,13-15,20H,10-12H2,2-8H3/t14?,15-/m1/s1. The highest BCUT2D eigenvalue weighted by molar-refractivity contribution is 6.74. The molecule has 0 amide bonds. The Morgan fingerprint density at radius 1 is 1.36 bits per heavy atom. The monoisotopic (exact) mass is 368 g/mol. The number of rotatable bonds is 7. The van der Waals surface area contributed by atoms with Crippen LogP contribution in [0.4, 0.5) is 0 Å². The fourth-order valence-electron chi connectivity index (χ4n) is 2.39. The van der Waals surface area contributed by atoms with Crippen LogP contribution in [0.25, 0.3) is 0 Å². The van der Waals surface area contributed by atoms with Gasteiger partial charge in [-0.05, 0) is 24.6 Å². The van der Waals surface area contributed by atoms with E-state index >= 15 is 0 Å². The lowest BCUT2D eigenvalue weighted by Gasteiger charge is -2.39. The smallest absolute Gasteiger partial charge is 0.337 e. The van der Waals surface area contributed by atoms with Crippen molar-refractivity contribution in [3.8, 4) is 12.3 Å². The molecule has 0 aromatic carbocycles. The number of cyclic esters (lactones) is 1. The van der Waals surface area contributed by atoms with E-state index in [1.54, 1.807) is 13.8 Å². The van der Waals surface area contributed by atoms with Crippen molar-refractivity contribution >= 4 is 14.3 Å². The Bertz CT molecular complexity index is 551. The lowest BCUT2D eigenvalue weighted by atomic mass is 10.1. The summed E-state index contributed by atoms with van der Waals surface area (Å²) in [6.45, 7) is 14.1. The minimum absolute atomic E-state index is 0.0631. The zero-order valence-corrected chi connectivity index (χ0v) is 17.5. The maximum Gasteiger partial charge on any atom is 0.337 e. The third kappa shape index (κ3) is 6.85. The Balaban J connectivity index is 2.73. The zero-order valence-electron chi connectivity index (χ0n) is 16.5. The van der Waals surface area contributed by atoms with Crippen molar-refractivity contribution in [3.05, 3.63) is 11.8 Å². The van der Waals surface area contributed by atoms with Gasteiger partial charge in [0.15, 0.2) is 8.32 Å². The highest BCUT2D eigenvalue weighted by Crippen LogP contribution is 2.38. The predicted molar refractivity (Wildman–Crippen MR) is 100 cm³/mol. The number of esters is 1. The molecule has 1 heterocycles. The number of ether oxygens (including phenoxy) is 2. The third-order valence-corrected chi connectivity index (χ3v) is 9.12. The average molecular weight is 369 g/mol. The third-order valence-electron chi connectivity index (χ3n) is 4.59. The molecule has 5 nitrogen and oxygen atoms in total. The van der Waals surface area contributed by atoms with Gasteiger partial charge in [-0.2, -0.15) is 0 Å². The summed E-state index contributed by atoms with van der Waals surface area (Å²) in [7, 11) is -1.98. The molecule has 1 unspecified atom stereocenters. The van der Waals surface area contributed by atoms with E-state index in [0.29, 0.717) is 18.6 Å². The normalized spacial score (nSPS) is 20.0. The molecule has 25 heavy (non-hydrogen) atoms. The first kappa shape index (κ1) is 21.7. The van der Waals surface area contributed by atoms with E-state index in [1.807, 2.05) is 0 Å². The minimum Gasteiger partial charge on any atom is -0.457 e. The molecule has 1 aliphatic heterocycles. The summed E-state index contributed by atoms with van der Waals surface area (Å²) in [4.78, 5) is 11.6. The minimum atomic E-state index is -1.98. The maximum absolute atomic E-state index is 11.6. The Kier molecular flexibility index (Phi) is 6.91. The van der Waals surface area contributed by atoms with Crippen LogP contribution in [0.2, 0.25) is 18.1 Å². The summed E-state index contributed by atoms with van der Waals surface area (Å²) >= 11 is 0. The highest BCUT2D eigenvalue weighted by atomic mass is 28.4. The van der Waals surface area contributed by atoms with Gasteiger partial charge in [0.05, 0.1) is 18.3 Å². The number of aliphatic hydroxyl groups is 1. The Morgan fingerprint density at radius 3 is 2.44 bits per heavy atom. The summed E-state index contributed by atoms with van der Waals surface area (Å²) in [6.07, 6.45) is 6.89. The Labute approximate surface area is 152 Å². The fraction of sp³-hybridized carbons (Fsp3) is 0.737. The highest BCUT2D eigenvalue weighted by Gasteiger charge is 2.39.